The first-order chi connectivity index (χ1) is 16.0. The highest BCUT2D eigenvalue weighted by molar-refractivity contribution is 9.10. The number of carbonyl (C=O) groups excluding carboxylic acids is 2. The van der Waals surface area contributed by atoms with E-state index in [0.717, 1.165) is 16.0 Å². The van der Waals surface area contributed by atoms with Crippen molar-refractivity contribution in [3.05, 3.63) is 124 Å². The van der Waals surface area contributed by atoms with E-state index in [2.05, 4.69) is 15.9 Å². The number of halogens is 1. The van der Waals surface area contributed by atoms with Crippen molar-refractivity contribution in [2.45, 2.75) is 0 Å². The standard InChI is InChI=1S/C27H18BrNO4/c28-21-10-6-9-20(17-21)25(30)29(26(31)23-11-4-5-12-24(23)27(32)33)22-15-13-19(14-16-22)18-7-2-1-3-8-18/h1-17H,(H,32,33). The lowest BCUT2D eigenvalue weighted by atomic mass is 10.0. The maximum absolute atomic E-state index is 13.6. The van der Waals surface area contributed by atoms with Crippen LogP contribution in [0.3, 0.4) is 0 Å². The largest absolute Gasteiger partial charge is 0.478 e. The second kappa shape index (κ2) is 9.63. The summed E-state index contributed by atoms with van der Waals surface area (Å²) in [7, 11) is 0. The monoisotopic (exact) mass is 499 g/mol. The number of nitrogens with zero attached hydrogens (tertiary/aromatic N) is 1. The molecule has 0 fully saturated rings. The molecule has 0 aliphatic rings. The van der Waals surface area contributed by atoms with Gasteiger partial charge in [-0.2, -0.15) is 0 Å². The molecule has 4 aromatic carbocycles. The van der Waals surface area contributed by atoms with Crippen molar-refractivity contribution in [3.8, 4) is 11.1 Å². The maximum Gasteiger partial charge on any atom is 0.336 e. The fourth-order valence-corrected chi connectivity index (χ4v) is 3.89. The molecule has 0 atom stereocenters. The van der Waals surface area contributed by atoms with Crippen molar-refractivity contribution >= 4 is 39.4 Å². The Morgan fingerprint density at radius 2 is 1.24 bits per heavy atom. The molecule has 1 N–H and O–H groups in total. The summed E-state index contributed by atoms with van der Waals surface area (Å²) >= 11 is 3.35. The molecule has 2 amide bonds. The van der Waals surface area contributed by atoms with E-state index in [1.165, 1.54) is 18.2 Å². The summed E-state index contributed by atoms with van der Waals surface area (Å²) in [6.07, 6.45) is 0. The average molecular weight is 500 g/mol. The Morgan fingerprint density at radius 1 is 0.636 bits per heavy atom. The van der Waals surface area contributed by atoms with Crippen LogP contribution < -0.4 is 4.90 Å². The summed E-state index contributed by atoms with van der Waals surface area (Å²) < 4.78 is 0.686. The van der Waals surface area contributed by atoms with E-state index in [-0.39, 0.29) is 16.7 Å². The molecule has 4 rings (SSSR count). The predicted molar refractivity (Wildman–Crippen MR) is 131 cm³/mol. The minimum absolute atomic E-state index is 0.0690. The van der Waals surface area contributed by atoms with Crippen molar-refractivity contribution < 1.29 is 19.5 Å². The molecule has 0 saturated heterocycles. The minimum atomic E-state index is -1.24. The van der Waals surface area contributed by atoms with Crippen molar-refractivity contribution in [1.29, 1.82) is 0 Å². The van der Waals surface area contributed by atoms with E-state index in [1.54, 1.807) is 42.5 Å². The van der Waals surface area contributed by atoms with Crippen molar-refractivity contribution in [2.24, 2.45) is 0 Å². The Labute approximate surface area is 199 Å². The van der Waals surface area contributed by atoms with Crippen LogP contribution in [0.4, 0.5) is 5.69 Å². The molecular weight excluding hydrogens is 482 g/mol. The van der Waals surface area contributed by atoms with Crippen LogP contribution in [0.1, 0.15) is 31.1 Å². The van der Waals surface area contributed by atoms with Gasteiger partial charge in [0.05, 0.1) is 16.8 Å². The quantitative estimate of drug-likeness (QED) is 0.327. The van der Waals surface area contributed by atoms with Crippen molar-refractivity contribution in [2.75, 3.05) is 4.90 Å². The number of imide groups is 1. The third-order valence-corrected chi connectivity index (χ3v) is 5.59. The van der Waals surface area contributed by atoms with Gasteiger partial charge in [0, 0.05) is 10.0 Å². The molecule has 33 heavy (non-hydrogen) atoms. The normalized spacial score (nSPS) is 10.5. The topological polar surface area (TPSA) is 74.7 Å². The Bertz CT molecular complexity index is 1330. The molecule has 4 aromatic rings. The van der Waals surface area contributed by atoms with Gasteiger partial charge in [-0.05, 0) is 53.6 Å². The highest BCUT2D eigenvalue weighted by Crippen LogP contribution is 2.27. The number of hydrogen-bond donors (Lipinski definition) is 1. The SMILES string of the molecule is O=C(O)c1ccccc1C(=O)N(C(=O)c1cccc(Br)c1)c1ccc(-c2ccccc2)cc1. The zero-order valence-corrected chi connectivity index (χ0v) is 18.9. The summed E-state index contributed by atoms with van der Waals surface area (Å²) in [5.74, 6) is -2.52. The molecule has 0 aliphatic carbocycles. The first-order valence-electron chi connectivity index (χ1n) is 10.1. The maximum atomic E-state index is 13.6. The van der Waals surface area contributed by atoms with Gasteiger partial charge in [-0.15, -0.1) is 0 Å². The van der Waals surface area contributed by atoms with Gasteiger partial charge in [0.2, 0.25) is 0 Å². The van der Waals surface area contributed by atoms with Crippen LogP contribution in [0.2, 0.25) is 0 Å². The van der Waals surface area contributed by atoms with Gasteiger partial charge in [-0.25, -0.2) is 9.69 Å². The third-order valence-electron chi connectivity index (χ3n) is 5.10. The smallest absolute Gasteiger partial charge is 0.336 e. The van der Waals surface area contributed by atoms with E-state index in [9.17, 15) is 19.5 Å². The van der Waals surface area contributed by atoms with Crippen LogP contribution in [0.25, 0.3) is 11.1 Å². The van der Waals surface area contributed by atoms with E-state index in [1.807, 2.05) is 42.5 Å². The van der Waals surface area contributed by atoms with Gasteiger partial charge in [-0.3, -0.25) is 9.59 Å². The van der Waals surface area contributed by atoms with E-state index in [0.29, 0.717) is 10.2 Å². The molecule has 0 heterocycles. The number of anilines is 1. The number of carboxylic acid groups (broad SMARTS) is 1. The molecule has 0 radical (unpaired) electrons. The summed E-state index contributed by atoms with van der Waals surface area (Å²) in [6.45, 7) is 0. The van der Waals surface area contributed by atoms with E-state index >= 15 is 0 Å². The third kappa shape index (κ3) is 4.76. The Kier molecular flexibility index (Phi) is 6.47. The average Bonchev–Trinajstić information content (AvgIpc) is 2.85. The predicted octanol–water partition coefficient (Wildman–Crippen LogP) is 6.30. The van der Waals surface area contributed by atoms with Crippen molar-refractivity contribution in [1.82, 2.24) is 0 Å². The molecule has 5 nitrogen and oxygen atoms in total. The lowest BCUT2D eigenvalue weighted by Crippen LogP contribution is -2.38. The molecule has 0 spiro atoms. The molecule has 6 heteroatoms. The van der Waals surface area contributed by atoms with Gasteiger partial charge in [0.25, 0.3) is 11.8 Å². The van der Waals surface area contributed by atoms with Gasteiger partial charge in [0.1, 0.15) is 0 Å². The number of aromatic carboxylic acids is 1. The Hall–Kier alpha value is -4.03. The number of benzene rings is 4. The molecule has 0 bridgehead atoms. The highest BCUT2D eigenvalue weighted by Gasteiger charge is 2.29. The fraction of sp³-hybridized carbons (Fsp3) is 0. The Balaban J connectivity index is 1.81. The molecule has 0 aromatic heterocycles. The minimum Gasteiger partial charge on any atom is -0.478 e. The summed E-state index contributed by atoms with van der Waals surface area (Å²) in [5, 5.41) is 9.56. The summed E-state index contributed by atoms with van der Waals surface area (Å²) in [4.78, 5) is 39.8. The fourth-order valence-electron chi connectivity index (χ4n) is 3.49. The van der Waals surface area contributed by atoms with Gasteiger partial charge in [0.15, 0.2) is 0 Å². The number of carbonyl (C=O) groups is 3. The highest BCUT2D eigenvalue weighted by atomic mass is 79.9. The summed E-state index contributed by atoms with van der Waals surface area (Å²) in [5.41, 5.74) is 2.31. The first-order valence-corrected chi connectivity index (χ1v) is 10.9. The van der Waals surface area contributed by atoms with Gasteiger partial charge >= 0.3 is 5.97 Å². The molecule has 0 aliphatic heterocycles. The van der Waals surface area contributed by atoms with Gasteiger partial charge in [-0.1, -0.05) is 76.6 Å². The summed E-state index contributed by atoms with van der Waals surface area (Å²) in [6, 6.07) is 29.3. The van der Waals surface area contributed by atoms with Crippen LogP contribution in [0, 0.1) is 0 Å². The molecule has 0 unspecified atom stereocenters. The number of hydrogen-bond acceptors (Lipinski definition) is 3. The van der Waals surface area contributed by atoms with Crippen LogP contribution >= 0.6 is 15.9 Å². The number of amides is 2. The zero-order chi connectivity index (χ0) is 23.4. The van der Waals surface area contributed by atoms with Crippen LogP contribution in [0.15, 0.2) is 108 Å². The zero-order valence-electron chi connectivity index (χ0n) is 17.3. The molecule has 0 saturated carbocycles. The van der Waals surface area contributed by atoms with Gasteiger partial charge < -0.3 is 5.11 Å². The second-order valence-corrected chi connectivity index (χ2v) is 8.14. The number of rotatable bonds is 5. The second-order valence-electron chi connectivity index (χ2n) is 7.22. The van der Waals surface area contributed by atoms with Crippen LogP contribution in [0.5, 0.6) is 0 Å². The van der Waals surface area contributed by atoms with Crippen molar-refractivity contribution in [3.63, 3.8) is 0 Å². The molecular formula is C27H18BrNO4. The van der Waals surface area contributed by atoms with Crippen LogP contribution in [-0.4, -0.2) is 22.9 Å². The van der Waals surface area contributed by atoms with E-state index < -0.39 is 17.8 Å². The Morgan fingerprint density at radius 3 is 1.88 bits per heavy atom. The first kappa shape index (κ1) is 22.2. The van der Waals surface area contributed by atoms with E-state index in [4.69, 9.17) is 0 Å². The lowest BCUT2D eigenvalue weighted by molar-refractivity contribution is 0.0690. The number of carboxylic acids is 1. The van der Waals surface area contributed by atoms with Crippen LogP contribution in [-0.2, 0) is 0 Å². The lowest BCUT2D eigenvalue weighted by Gasteiger charge is -2.22. The molecule has 162 valence electrons.